The molecule has 32 heavy (non-hydrogen) atoms. The Bertz CT molecular complexity index is 1120. The monoisotopic (exact) mass is 496 g/mol. The van der Waals surface area contributed by atoms with Crippen LogP contribution in [0.2, 0.25) is 10.0 Å². The average molecular weight is 497 g/mol. The van der Waals surface area contributed by atoms with Crippen LogP contribution in [0.15, 0.2) is 35.2 Å². The molecule has 2 aromatic carbocycles. The molecule has 3 amide bonds. The highest BCUT2D eigenvalue weighted by Crippen LogP contribution is 2.38. The van der Waals surface area contributed by atoms with Crippen LogP contribution in [0.1, 0.15) is 5.56 Å². The number of hydrogen-bond donors (Lipinski definition) is 1. The summed E-state index contributed by atoms with van der Waals surface area (Å²) in [6.07, 6.45) is 1.50. The molecule has 0 radical (unpaired) electrons. The van der Waals surface area contributed by atoms with Crippen LogP contribution in [0.5, 0.6) is 17.2 Å². The Kier molecular flexibility index (Phi) is 7.55. The molecular weight excluding hydrogens is 479 g/mol. The summed E-state index contributed by atoms with van der Waals surface area (Å²) in [7, 11) is 4.39. The van der Waals surface area contributed by atoms with Gasteiger partial charge in [-0.05, 0) is 53.7 Å². The molecule has 0 bridgehead atoms. The Morgan fingerprint density at radius 2 is 1.75 bits per heavy atom. The van der Waals surface area contributed by atoms with Gasteiger partial charge in [0.2, 0.25) is 5.91 Å². The summed E-state index contributed by atoms with van der Waals surface area (Å²) in [6, 6.07) is 7.90. The molecule has 1 aliphatic rings. The fourth-order valence-corrected chi connectivity index (χ4v) is 4.29. The van der Waals surface area contributed by atoms with Gasteiger partial charge in [0.25, 0.3) is 11.1 Å². The third kappa shape index (κ3) is 5.12. The van der Waals surface area contributed by atoms with Gasteiger partial charge < -0.3 is 19.5 Å². The average Bonchev–Trinajstić information content (AvgIpc) is 3.00. The van der Waals surface area contributed by atoms with E-state index in [1.807, 2.05) is 0 Å². The SMILES string of the molecule is COc1ccc(NC(=O)CN2C(=O)S/C(=C\c3cc(Cl)c(OC)c(OC)c3)C2=O)cc1Cl. The fraction of sp³-hybridized carbons (Fsp3) is 0.190. The Hall–Kier alpha value is -2.88. The lowest BCUT2D eigenvalue weighted by Gasteiger charge is -2.13. The molecule has 2 aromatic rings. The van der Waals surface area contributed by atoms with Crippen LogP contribution in [0.3, 0.4) is 0 Å². The number of methoxy groups -OCH3 is 3. The van der Waals surface area contributed by atoms with Crippen molar-refractivity contribution in [2.45, 2.75) is 0 Å². The second-order valence-corrected chi connectivity index (χ2v) is 8.21. The van der Waals surface area contributed by atoms with Gasteiger partial charge in [-0.3, -0.25) is 19.3 Å². The third-order valence-corrected chi connectivity index (χ3v) is 5.85. The molecule has 1 N–H and O–H groups in total. The van der Waals surface area contributed by atoms with E-state index in [4.69, 9.17) is 37.4 Å². The number of rotatable bonds is 7. The number of anilines is 1. The quantitative estimate of drug-likeness (QED) is 0.555. The van der Waals surface area contributed by atoms with Gasteiger partial charge in [-0.25, -0.2) is 0 Å². The lowest BCUT2D eigenvalue weighted by molar-refractivity contribution is -0.127. The van der Waals surface area contributed by atoms with E-state index < -0.39 is 23.6 Å². The van der Waals surface area contributed by atoms with Crippen molar-refractivity contribution in [3.05, 3.63) is 50.8 Å². The number of imide groups is 1. The number of nitrogens with one attached hydrogen (secondary N) is 1. The summed E-state index contributed by atoms with van der Waals surface area (Å²) in [5.41, 5.74) is 0.943. The van der Waals surface area contributed by atoms with Crippen molar-refractivity contribution in [2.75, 3.05) is 33.2 Å². The van der Waals surface area contributed by atoms with Crippen molar-refractivity contribution in [1.82, 2.24) is 4.90 Å². The minimum atomic E-state index is -0.589. The molecule has 3 rings (SSSR count). The van der Waals surface area contributed by atoms with Crippen molar-refractivity contribution < 1.29 is 28.6 Å². The van der Waals surface area contributed by atoms with E-state index in [0.29, 0.717) is 33.5 Å². The zero-order chi connectivity index (χ0) is 23.4. The maximum atomic E-state index is 12.7. The van der Waals surface area contributed by atoms with E-state index in [0.717, 1.165) is 16.7 Å². The normalized spacial score (nSPS) is 14.7. The second-order valence-electron chi connectivity index (χ2n) is 6.40. The number of amides is 3. The van der Waals surface area contributed by atoms with Gasteiger partial charge in [-0.2, -0.15) is 0 Å². The molecule has 11 heteroatoms. The van der Waals surface area contributed by atoms with Crippen LogP contribution < -0.4 is 19.5 Å². The van der Waals surface area contributed by atoms with Crippen molar-refractivity contribution in [1.29, 1.82) is 0 Å². The number of carbonyl (C=O) groups excluding carboxylic acids is 3. The molecular formula is C21H18Cl2N2O6S. The molecule has 0 atom stereocenters. The van der Waals surface area contributed by atoms with E-state index >= 15 is 0 Å². The first-order chi connectivity index (χ1) is 15.3. The molecule has 0 unspecified atom stereocenters. The lowest BCUT2D eigenvalue weighted by Crippen LogP contribution is -2.36. The minimum Gasteiger partial charge on any atom is -0.495 e. The Balaban J connectivity index is 1.74. The maximum Gasteiger partial charge on any atom is 0.294 e. The molecule has 0 aliphatic carbocycles. The predicted octanol–water partition coefficient (Wildman–Crippen LogP) is 4.69. The molecule has 0 saturated carbocycles. The molecule has 0 aromatic heterocycles. The highest BCUT2D eigenvalue weighted by molar-refractivity contribution is 8.18. The van der Waals surface area contributed by atoms with Gasteiger partial charge in [0.1, 0.15) is 12.3 Å². The first kappa shape index (κ1) is 23.8. The van der Waals surface area contributed by atoms with Crippen molar-refractivity contribution in [3.8, 4) is 17.2 Å². The summed E-state index contributed by atoms with van der Waals surface area (Å²) in [5, 5.41) is 2.64. The number of nitrogens with zero attached hydrogens (tertiary/aromatic N) is 1. The number of halogens is 2. The minimum absolute atomic E-state index is 0.151. The zero-order valence-corrected chi connectivity index (χ0v) is 19.6. The Labute approximate surface area is 198 Å². The topological polar surface area (TPSA) is 94.2 Å². The third-order valence-electron chi connectivity index (χ3n) is 4.36. The molecule has 1 aliphatic heterocycles. The van der Waals surface area contributed by atoms with Gasteiger partial charge in [-0.15, -0.1) is 0 Å². The van der Waals surface area contributed by atoms with Crippen molar-refractivity contribution in [3.63, 3.8) is 0 Å². The maximum absolute atomic E-state index is 12.7. The first-order valence-corrected chi connectivity index (χ1v) is 10.6. The number of ether oxygens (including phenoxy) is 3. The predicted molar refractivity (Wildman–Crippen MR) is 124 cm³/mol. The standard InChI is InChI=1S/C21H18Cl2N2O6S/c1-29-15-5-4-12(9-13(15)22)24-18(26)10-25-20(27)17(32-21(25)28)8-11-6-14(23)19(31-3)16(7-11)30-2/h4-9H,10H2,1-3H3,(H,24,26)/b17-8-. The number of benzene rings is 2. The van der Waals surface area contributed by atoms with Gasteiger partial charge >= 0.3 is 0 Å². The summed E-state index contributed by atoms with van der Waals surface area (Å²) >= 11 is 13.0. The summed E-state index contributed by atoms with van der Waals surface area (Å²) < 4.78 is 15.5. The highest BCUT2D eigenvalue weighted by atomic mass is 35.5. The van der Waals surface area contributed by atoms with Gasteiger partial charge in [0.15, 0.2) is 11.5 Å². The van der Waals surface area contributed by atoms with Crippen molar-refractivity contribution >= 4 is 63.8 Å². The van der Waals surface area contributed by atoms with Gasteiger partial charge in [0.05, 0.1) is 36.3 Å². The fourth-order valence-electron chi connectivity index (χ4n) is 2.90. The summed E-state index contributed by atoms with van der Waals surface area (Å²) in [6.45, 7) is -0.446. The molecule has 0 spiro atoms. The van der Waals surface area contributed by atoms with E-state index in [1.54, 1.807) is 24.3 Å². The zero-order valence-electron chi connectivity index (χ0n) is 17.2. The number of thioether (sulfide) groups is 1. The lowest BCUT2D eigenvalue weighted by atomic mass is 10.2. The van der Waals surface area contributed by atoms with E-state index in [-0.39, 0.29) is 9.93 Å². The van der Waals surface area contributed by atoms with Crippen molar-refractivity contribution in [2.24, 2.45) is 0 Å². The molecule has 1 heterocycles. The van der Waals surface area contributed by atoms with E-state index in [1.165, 1.54) is 33.5 Å². The van der Waals surface area contributed by atoms with Gasteiger partial charge in [-0.1, -0.05) is 23.2 Å². The first-order valence-electron chi connectivity index (χ1n) is 9.07. The molecule has 1 fully saturated rings. The summed E-state index contributed by atoms with van der Waals surface area (Å²) in [4.78, 5) is 38.5. The largest absolute Gasteiger partial charge is 0.495 e. The van der Waals surface area contributed by atoms with Crippen LogP contribution in [0, 0.1) is 0 Å². The van der Waals surface area contributed by atoms with E-state index in [2.05, 4.69) is 5.32 Å². The van der Waals surface area contributed by atoms with Crippen LogP contribution in [0.4, 0.5) is 10.5 Å². The second kappa shape index (κ2) is 10.2. The smallest absolute Gasteiger partial charge is 0.294 e. The molecule has 8 nitrogen and oxygen atoms in total. The highest BCUT2D eigenvalue weighted by Gasteiger charge is 2.36. The van der Waals surface area contributed by atoms with Crippen LogP contribution in [0.25, 0.3) is 6.08 Å². The Morgan fingerprint density at radius 1 is 1.03 bits per heavy atom. The molecule has 168 valence electrons. The van der Waals surface area contributed by atoms with Crippen LogP contribution in [-0.2, 0) is 9.59 Å². The van der Waals surface area contributed by atoms with Crippen LogP contribution >= 0.6 is 35.0 Å². The number of carbonyl (C=O) groups is 3. The van der Waals surface area contributed by atoms with Gasteiger partial charge in [0, 0.05) is 5.69 Å². The molecule has 1 saturated heterocycles. The number of hydrogen-bond acceptors (Lipinski definition) is 7. The summed E-state index contributed by atoms with van der Waals surface area (Å²) in [5.74, 6) is 0.0477. The van der Waals surface area contributed by atoms with Crippen LogP contribution in [-0.4, -0.2) is 49.8 Å². The van der Waals surface area contributed by atoms with E-state index in [9.17, 15) is 14.4 Å². The Morgan fingerprint density at radius 3 is 2.38 bits per heavy atom.